The number of rotatable bonds is 7. The maximum absolute atomic E-state index is 11.7. The zero-order valence-corrected chi connectivity index (χ0v) is 14.1. The predicted octanol–water partition coefficient (Wildman–Crippen LogP) is 3.47. The SMILES string of the molecule is CCOC(=O)c1sc(N/N=C\c2cccc(OCC)c2)nc1C. The van der Waals surface area contributed by atoms with Crippen LogP contribution in [0.3, 0.4) is 0 Å². The molecule has 7 heteroatoms. The first-order valence-electron chi connectivity index (χ1n) is 7.30. The van der Waals surface area contributed by atoms with E-state index in [4.69, 9.17) is 9.47 Å². The summed E-state index contributed by atoms with van der Waals surface area (Å²) in [4.78, 5) is 16.5. The molecule has 0 amide bonds. The lowest BCUT2D eigenvalue weighted by Crippen LogP contribution is -2.03. The lowest BCUT2D eigenvalue weighted by molar-refractivity contribution is 0.0531. The van der Waals surface area contributed by atoms with Gasteiger partial charge in [-0.2, -0.15) is 5.10 Å². The summed E-state index contributed by atoms with van der Waals surface area (Å²) in [5.74, 6) is 0.440. The van der Waals surface area contributed by atoms with Crippen molar-refractivity contribution in [1.29, 1.82) is 0 Å². The van der Waals surface area contributed by atoms with E-state index in [9.17, 15) is 4.79 Å². The molecule has 2 aromatic rings. The number of aromatic nitrogens is 1. The third kappa shape index (κ3) is 4.79. The van der Waals surface area contributed by atoms with Crippen LogP contribution in [0.4, 0.5) is 5.13 Å². The molecule has 0 saturated heterocycles. The summed E-state index contributed by atoms with van der Waals surface area (Å²) >= 11 is 1.22. The minimum Gasteiger partial charge on any atom is -0.494 e. The highest BCUT2D eigenvalue weighted by atomic mass is 32.1. The van der Waals surface area contributed by atoms with Crippen molar-refractivity contribution in [3.63, 3.8) is 0 Å². The summed E-state index contributed by atoms with van der Waals surface area (Å²) in [6.07, 6.45) is 1.67. The standard InChI is InChI=1S/C16H19N3O3S/c1-4-21-13-8-6-7-12(9-13)10-17-19-16-18-11(3)14(23-16)15(20)22-5-2/h6-10H,4-5H2,1-3H3,(H,18,19)/b17-10-. The number of carbonyl (C=O) groups is 1. The van der Waals surface area contributed by atoms with E-state index < -0.39 is 0 Å². The summed E-state index contributed by atoms with van der Waals surface area (Å²) in [5.41, 5.74) is 4.37. The van der Waals surface area contributed by atoms with Gasteiger partial charge >= 0.3 is 5.97 Å². The highest BCUT2D eigenvalue weighted by molar-refractivity contribution is 7.17. The lowest BCUT2D eigenvalue weighted by atomic mass is 10.2. The van der Waals surface area contributed by atoms with Crippen LogP contribution in [0.25, 0.3) is 0 Å². The molecule has 1 aromatic carbocycles. The van der Waals surface area contributed by atoms with E-state index in [1.807, 2.05) is 31.2 Å². The van der Waals surface area contributed by atoms with E-state index in [0.29, 0.717) is 28.9 Å². The summed E-state index contributed by atoms with van der Waals surface area (Å²) in [6, 6.07) is 7.61. The number of thiazole rings is 1. The van der Waals surface area contributed by atoms with E-state index in [1.54, 1.807) is 20.1 Å². The molecule has 0 saturated carbocycles. The summed E-state index contributed by atoms with van der Waals surface area (Å²) in [6.45, 7) is 6.44. The number of hydrogen-bond acceptors (Lipinski definition) is 7. The second-order valence-corrected chi connectivity index (χ2v) is 5.53. The maximum atomic E-state index is 11.7. The molecule has 0 bridgehead atoms. The number of nitrogens with one attached hydrogen (secondary N) is 1. The first-order chi connectivity index (χ1) is 11.1. The van der Waals surface area contributed by atoms with Crippen LogP contribution in [0.15, 0.2) is 29.4 Å². The first-order valence-corrected chi connectivity index (χ1v) is 8.12. The molecule has 0 unspecified atom stereocenters. The topological polar surface area (TPSA) is 72.8 Å². The molecule has 23 heavy (non-hydrogen) atoms. The van der Waals surface area contributed by atoms with Crippen molar-refractivity contribution in [1.82, 2.24) is 4.98 Å². The summed E-state index contributed by atoms with van der Waals surface area (Å²) < 4.78 is 10.4. The molecule has 122 valence electrons. The van der Waals surface area contributed by atoms with Crippen LogP contribution < -0.4 is 10.2 Å². The van der Waals surface area contributed by atoms with Crippen LogP contribution in [-0.4, -0.2) is 30.4 Å². The fourth-order valence-electron chi connectivity index (χ4n) is 1.84. The van der Waals surface area contributed by atoms with Gasteiger partial charge in [-0.15, -0.1) is 0 Å². The van der Waals surface area contributed by atoms with E-state index >= 15 is 0 Å². The van der Waals surface area contributed by atoms with Crippen LogP contribution in [0, 0.1) is 6.92 Å². The minimum absolute atomic E-state index is 0.341. The number of hydrazone groups is 1. The molecule has 0 aliphatic heterocycles. The Morgan fingerprint density at radius 1 is 1.39 bits per heavy atom. The van der Waals surface area contributed by atoms with Gasteiger partial charge in [-0.05, 0) is 38.5 Å². The largest absolute Gasteiger partial charge is 0.494 e. The van der Waals surface area contributed by atoms with Crippen LogP contribution >= 0.6 is 11.3 Å². The van der Waals surface area contributed by atoms with Crippen molar-refractivity contribution in [2.45, 2.75) is 20.8 Å². The Morgan fingerprint density at radius 2 is 2.22 bits per heavy atom. The average Bonchev–Trinajstić information content (AvgIpc) is 2.89. The minimum atomic E-state index is -0.357. The number of ether oxygens (including phenoxy) is 2. The third-order valence-electron chi connectivity index (χ3n) is 2.80. The summed E-state index contributed by atoms with van der Waals surface area (Å²) in [5, 5.41) is 4.68. The van der Waals surface area contributed by atoms with Crippen LogP contribution in [0.5, 0.6) is 5.75 Å². The number of nitrogens with zero attached hydrogens (tertiary/aromatic N) is 2. The van der Waals surface area contributed by atoms with Crippen LogP contribution in [0.2, 0.25) is 0 Å². The molecule has 0 atom stereocenters. The molecule has 0 fully saturated rings. The molecular formula is C16H19N3O3S. The van der Waals surface area contributed by atoms with Gasteiger partial charge in [0.25, 0.3) is 0 Å². The zero-order valence-electron chi connectivity index (χ0n) is 13.3. The van der Waals surface area contributed by atoms with E-state index in [0.717, 1.165) is 11.3 Å². The molecule has 0 radical (unpaired) electrons. The fraction of sp³-hybridized carbons (Fsp3) is 0.312. The van der Waals surface area contributed by atoms with Gasteiger partial charge in [-0.3, -0.25) is 5.43 Å². The van der Waals surface area contributed by atoms with Crippen molar-refractivity contribution in [2.24, 2.45) is 5.10 Å². The number of esters is 1. The van der Waals surface area contributed by atoms with Crippen molar-refractivity contribution < 1.29 is 14.3 Å². The highest BCUT2D eigenvalue weighted by Gasteiger charge is 2.15. The molecule has 2 rings (SSSR count). The van der Waals surface area contributed by atoms with Crippen molar-refractivity contribution in [3.8, 4) is 5.75 Å². The highest BCUT2D eigenvalue weighted by Crippen LogP contribution is 2.23. The molecule has 1 N–H and O–H groups in total. The van der Waals surface area contributed by atoms with Crippen LogP contribution in [0.1, 0.15) is 34.8 Å². The molecule has 1 aromatic heterocycles. The Kier molecular flexibility index (Phi) is 6.10. The molecular weight excluding hydrogens is 314 g/mol. The number of aryl methyl sites for hydroxylation is 1. The van der Waals surface area contributed by atoms with Crippen molar-refractivity contribution >= 4 is 28.7 Å². The van der Waals surface area contributed by atoms with E-state index in [-0.39, 0.29) is 5.97 Å². The average molecular weight is 333 g/mol. The third-order valence-corrected chi connectivity index (χ3v) is 3.84. The molecule has 6 nitrogen and oxygen atoms in total. The second kappa shape index (κ2) is 8.28. The monoisotopic (exact) mass is 333 g/mol. The van der Waals surface area contributed by atoms with Crippen molar-refractivity contribution in [2.75, 3.05) is 18.6 Å². The Bertz CT molecular complexity index is 698. The fourth-order valence-corrected chi connectivity index (χ4v) is 2.65. The smallest absolute Gasteiger partial charge is 0.350 e. The van der Waals surface area contributed by atoms with E-state index in [2.05, 4.69) is 15.5 Å². The normalized spacial score (nSPS) is 10.7. The van der Waals surface area contributed by atoms with Gasteiger partial charge in [-0.1, -0.05) is 23.5 Å². The molecule has 1 heterocycles. The zero-order chi connectivity index (χ0) is 16.7. The van der Waals surface area contributed by atoms with Gasteiger partial charge in [-0.25, -0.2) is 9.78 Å². The molecule has 0 aliphatic rings. The number of benzene rings is 1. The van der Waals surface area contributed by atoms with E-state index in [1.165, 1.54) is 11.3 Å². The number of anilines is 1. The Balaban J connectivity index is 2.02. The molecule has 0 aliphatic carbocycles. The maximum Gasteiger partial charge on any atom is 0.350 e. The Morgan fingerprint density at radius 3 is 2.96 bits per heavy atom. The van der Waals surface area contributed by atoms with Gasteiger partial charge in [0.2, 0.25) is 5.13 Å². The quantitative estimate of drug-likeness (QED) is 0.477. The molecule has 0 spiro atoms. The predicted molar refractivity (Wildman–Crippen MR) is 91.6 cm³/mol. The Labute approximate surface area is 139 Å². The van der Waals surface area contributed by atoms with Gasteiger partial charge in [0.05, 0.1) is 25.1 Å². The summed E-state index contributed by atoms with van der Waals surface area (Å²) in [7, 11) is 0. The van der Waals surface area contributed by atoms with Gasteiger partial charge in [0.1, 0.15) is 10.6 Å². The van der Waals surface area contributed by atoms with Gasteiger partial charge < -0.3 is 9.47 Å². The number of hydrogen-bond donors (Lipinski definition) is 1. The van der Waals surface area contributed by atoms with Crippen LogP contribution in [-0.2, 0) is 4.74 Å². The number of carbonyl (C=O) groups excluding carboxylic acids is 1. The van der Waals surface area contributed by atoms with Crippen molar-refractivity contribution in [3.05, 3.63) is 40.4 Å². The van der Waals surface area contributed by atoms with Gasteiger partial charge in [0, 0.05) is 0 Å². The second-order valence-electron chi connectivity index (χ2n) is 4.53. The first kappa shape index (κ1) is 17.0. The van der Waals surface area contributed by atoms with Gasteiger partial charge in [0.15, 0.2) is 0 Å². The lowest BCUT2D eigenvalue weighted by Gasteiger charge is -2.02. The Hall–Kier alpha value is -2.41.